The van der Waals surface area contributed by atoms with Crippen molar-refractivity contribution < 1.29 is 9.59 Å². The van der Waals surface area contributed by atoms with Crippen molar-refractivity contribution in [3.63, 3.8) is 0 Å². The molecular weight excluding hydrogens is 346 g/mol. The molecule has 1 aliphatic rings. The zero-order valence-corrected chi connectivity index (χ0v) is 13.5. The molecular formula is C16H16BrN3O2. The lowest BCUT2D eigenvalue weighted by Crippen LogP contribution is -2.50. The first kappa shape index (κ1) is 14.8. The number of carbonyl (C=O) groups excluding carboxylic acids is 2. The molecule has 0 aliphatic carbocycles. The summed E-state index contributed by atoms with van der Waals surface area (Å²) in [4.78, 5) is 31.2. The van der Waals surface area contributed by atoms with Crippen molar-refractivity contribution in [2.45, 2.75) is 0 Å². The van der Waals surface area contributed by atoms with Gasteiger partial charge in [-0.05, 0) is 40.2 Å². The zero-order valence-electron chi connectivity index (χ0n) is 12.0. The van der Waals surface area contributed by atoms with Crippen molar-refractivity contribution in [1.29, 1.82) is 0 Å². The lowest BCUT2D eigenvalue weighted by atomic mass is 10.2. The Morgan fingerprint density at radius 3 is 2.14 bits per heavy atom. The van der Waals surface area contributed by atoms with E-state index in [0.29, 0.717) is 37.4 Å². The number of aromatic amines is 1. The van der Waals surface area contributed by atoms with Crippen molar-refractivity contribution in [3.05, 3.63) is 58.3 Å². The molecule has 0 spiro atoms. The summed E-state index contributed by atoms with van der Waals surface area (Å²) in [6.45, 7) is 2.20. The molecule has 2 aromatic rings. The monoisotopic (exact) mass is 361 g/mol. The van der Waals surface area contributed by atoms with Crippen molar-refractivity contribution >= 4 is 27.7 Å². The van der Waals surface area contributed by atoms with Crippen molar-refractivity contribution in [2.75, 3.05) is 26.2 Å². The SMILES string of the molecule is O=C(c1ccc[nH]1)N1CCN(C(=O)c2ccccc2Br)CC1. The van der Waals surface area contributed by atoms with Crippen LogP contribution in [0.2, 0.25) is 0 Å². The van der Waals surface area contributed by atoms with Crippen LogP contribution in [0.25, 0.3) is 0 Å². The summed E-state index contributed by atoms with van der Waals surface area (Å²) in [5.41, 5.74) is 1.25. The van der Waals surface area contributed by atoms with Gasteiger partial charge < -0.3 is 14.8 Å². The fourth-order valence-corrected chi connectivity index (χ4v) is 3.01. The second-order valence-electron chi connectivity index (χ2n) is 5.15. The van der Waals surface area contributed by atoms with E-state index in [1.54, 1.807) is 28.1 Å². The van der Waals surface area contributed by atoms with Crippen LogP contribution in [0, 0.1) is 0 Å². The average molecular weight is 362 g/mol. The van der Waals surface area contributed by atoms with Crippen LogP contribution in [0.4, 0.5) is 0 Å². The maximum atomic E-state index is 12.5. The van der Waals surface area contributed by atoms with E-state index in [9.17, 15) is 9.59 Å². The number of piperazine rings is 1. The number of H-pyrrole nitrogens is 1. The number of rotatable bonds is 2. The highest BCUT2D eigenvalue weighted by Crippen LogP contribution is 2.19. The number of halogens is 1. The lowest BCUT2D eigenvalue weighted by molar-refractivity contribution is 0.0532. The third kappa shape index (κ3) is 2.92. The van der Waals surface area contributed by atoms with E-state index in [0.717, 1.165) is 4.47 Å². The Hall–Kier alpha value is -2.08. The number of carbonyl (C=O) groups is 2. The number of nitrogens with one attached hydrogen (secondary N) is 1. The van der Waals surface area contributed by atoms with Crippen LogP contribution in [-0.4, -0.2) is 52.8 Å². The molecule has 2 amide bonds. The first-order valence-electron chi connectivity index (χ1n) is 7.13. The third-order valence-corrected chi connectivity index (χ3v) is 4.48. The first-order valence-corrected chi connectivity index (χ1v) is 7.92. The van der Waals surface area contributed by atoms with E-state index in [-0.39, 0.29) is 11.8 Å². The van der Waals surface area contributed by atoms with Crippen LogP contribution in [0.15, 0.2) is 47.1 Å². The minimum atomic E-state index is -0.0157. The molecule has 114 valence electrons. The Bertz CT molecular complexity index is 676. The van der Waals surface area contributed by atoms with Gasteiger partial charge in [-0.15, -0.1) is 0 Å². The zero-order chi connectivity index (χ0) is 15.5. The van der Waals surface area contributed by atoms with E-state index in [4.69, 9.17) is 0 Å². The van der Waals surface area contributed by atoms with Crippen LogP contribution in [0.3, 0.4) is 0 Å². The molecule has 1 aromatic carbocycles. The van der Waals surface area contributed by atoms with Gasteiger partial charge in [-0.25, -0.2) is 0 Å². The maximum absolute atomic E-state index is 12.5. The van der Waals surface area contributed by atoms with Crippen molar-refractivity contribution in [3.8, 4) is 0 Å². The molecule has 1 saturated heterocycles. The van der Waals surface area contributed by atoms with Gasteiger partial charge in [0, 0.05) is 36.8 Å². The van der Waals surface area contributed by atoms with Crippen LogP contribution in [0.1, 0.15) is 20.8 Å². The van der Waals surface area contributed by atoms with Gasteiger partial charge in [0.15, 0.2) is 0 Å². The van der Waals surface area contributed by atoms with E-state index in [1.165, 1.54) is 0 Å². The summed E-state index contributed by atoms with van der Waals surface area (Å²) < 4.78 is 0.796. The van der Waals surface area contributed by atoms with Gasteiger partial charge in [-0.3, -0.25) is 9.59 Å². The second kappa shape index (κ2) is 6.36. The predicted octanol–water partition coefficient (Wildman–Crippen LogP) is 2.38. The number of hydrogen-bond donors (Lipinski definition) is 1. The molecule has 2 heterocycles. The van der Waals surface area contributed by atoms with Crippen molar-refractivity contribution in [2.24, 2.45) is 0 Å². The summed E-state index contributed by atoms with van der Waals surface area (Å²) in [5.74, 6) is -0.0163. The van der Waals surface area contributed by atoms with Crippen LogP contribution >= 0.6 is 15.9 Å². The molecule has 0 bridgehead atoms. The molecule has 6 heteroatoms. The molecule has 22 heavy (non-hydrogen) atoms. The lowest BCUT2D eigenvalue weighted by Gasteiger charge is -2.34. The number of hydrogen-bond acceptors (Lipinski definition) is 2. The molecule has 0 radical (unpaired) electrons. The molecule has 5 nitrogen and oxygen atoms in total. The summed E-state index contributed by atoms with van der Waals surface area (Å²) in [5, 5.41) is 0. The van der Waals surface area contributed by atoms with Crippen molar-refractivity contribution in [1.82, 2.24) is 14.8 Å². The van der Waals surface area contributed by atoms with Gasteiger partial charge in [-0.2, -0.15) is 0 Å². The fourth-order valence-electron chi connectivity index (χ4n) is 2.55. The normalized spacial score (nSPS) is 15.0. The highest BCUT2D eigenvalue weighted by Gasteiger charge is 2.26. The minimum absolute atomic E-state index is 0.000511. The number of amides is 2. The van der Waals surface area contributed by atoms with Gasteiger partial charge in [0.2, 0.25) is 0 Å². The standard InChI is InChI=1S/C16H16BrN3O2/c17-13-5-2-1-4-12(13)15(21)19-8-10-20(11-9-19)16(22)14-6-3-7-18-14/h1-7,18H,8-11H2. The molecule has 1 aromatic heterocycles. The maximum Gasteiger partial charge on any atom is 0.270 e. The van der Waals surface area contributed by atoms with Gasteiger partial charge >= 0.3 is 0 Å². The van der Waals surface area contributed by atoms with E-state index >= 15 is 0 Å². The summed E-state index contributed by atoms with van der Waals surface area (Å²) in [6.07, 6.45) is 1.74. The molecule has 0 saturated carbocycles. The quantitative estimate of drug-likeness (QED) is 0.892. The summed E-state index contributed by atoms with van der Waals surface area (Å²) >= 11 is 3.41. The molecule has 1 fully saturated rings. The Morgan fingerprint density at radius 1 is 0.909 bits per heavy atom. The smallest absolute Gasteiger partial charge is 0.270 e. The van der Waals surface area contributed by atoms with E-state index in [2.05, 4.69) is 20.9 Å². The molecule has 1 N–H and O–H groups in total. The molecule has 3 rings (SSSR count). The number of nitrogens with zero attached hydrogens (tertiary/aromatic N) is 2. The van der Waals surface area contributed by atoms with Gasteiger partial charge in [0.05, 0.1) is 5.56 Å². The topological polar surface area (TPSA) is 56.4 Å². The fraction of sp³-hybridized carbons (Fsp3) is 0.250. The van der Waals surface area contributed by atoms with E-state index in [1.807, 2.05) is 24.3 Å². The highest BCUT2D eigenvalue weighted by molar-refractivity contribution is 9.10. The van der Waals surface area contributed by atoms with Gasteiger partial charge in [0.1, 0.15) is 5.69 Å². The molecule has 0 unspecified atom stereocenters. The summed E-state index contributed by atoms with van der Waals surface area (Å²) in [6, 6.07) is 11.0. The van der Waals surface area contributed by atoms with Gasteiger partial charge in [0.25, 0.3) is 11.8 Å². The van der Waals surface area contributed by atoms with Crippen LogP contribution in [-0.2, 0) is 0 Å². The first-order chi connectivity index (χ1) is 10.7. The highest BCUT2D eigenvalue weighted by atomic mass is 79.9. The average Bonchev–Trinajstić information content (AvgIpc) is 3.09. The Labute approximate surface area is 137 Å². The number of benzene rings is 1. The third-order valence-electron chi connectivity index (χ3n) is 3.79. The molecule has 0 atom stereocenters. The van der Waals surface area contributed by atoms with Crippen LogP contribution in [0.5, 0.6) is 0 Å². The Morgan fingerprint density at radius 2 is 1.55 bits per heavy atom. The summed E-state index contributed by atoms with van der Waals surface area (Å²) in [7, 11) is 0. The number of aromatic nitrogens is 1. The predicted molar refractivity (Wildman–Crippen MR) is 86.7 cm³/mol. The van der Waals surface area contributed by atoms with Crippen LogP contribution < -0.4 is 0 Å². The largest absolute Gasteiger partial charge is 0.357 e. The van der Waals surface area contributed by atoms with Gasteiger partial charge in [-0.1, -0.05) is 12.1 Å². The second-order valence-corrected chi connectivity index (χ2v) is 6.00. The van der Waals surface area contributed by atoms with E-state index < -0.39 is 0 Å². The Balaban J connectivity index is 1.63. The molecule has 1 aliphatic heterocycles. The Kier molecular flexibility index (Phi) is 4.29. The minimum Gasteiger partial charge on any atom is -0.357 e.